The maximum Gasteiger partial charge on any atom is 0.135 e. The van der Waals surface area contributed by atoms with Crippen molar-refractivity contribution in [2.24, 2.45) is 0 Å². The minimum Gasteiger partial charge on any atom is -0.384 e. The van der Waals surface area contributed by atoms with Crippen LogP contribution >= 0.6 is 0 Å². The van der Waals surface area contributed by atoms with Gasteiger partial charge in [-0.2, -0.15) is 0 Å². The SMILES string of the molecule is Cc1cc(C)c(Cc2nc(C)cc(N)n2)c(C)c1. The van der Waals surface area contributed by atoms with E-state index in [4.69, 9.17) is 5.73 Å². The number of rotatable bonds is 2. The molecule has 3 nitrogen and oxygen atoms in total. The quantitative estimate of drug-likeness (QED) is 0.879. The molecule has 2 N–H and O–H groups in total. The lowest BCUT2D eigenvalue weighted by Gasteiger charge is -2.11. The van der Waals surface area contributed by atoms with Gasteiger partial charge < -0.3 is 5.73 Å². The predicted octanol–water partition coefficient (Wildman–Crippen LogP) is 2.88. The molecule has 0 amide bonds. The first-order valence-corrected chi connectivity index (χ1v) is 6.12. The average molecular weight is 241 g/mol. The molecule has 0 atom stereocenters. The lowest BCUT2D eigenvalue weighted by Crippen LogP contribution is -2.04. The van der Waals surface area contributed by atoms with E-state index in [1.807, 2.05) is 6.92 Å². The van der Waals surface area contributed by atoms with Gasteiger partial charge in [0.05, 0.1) is 0 Å². The van der Waals surface area contributed by atoms with E-state index in [0.717, 1.165) is 17.9 Å². The highest BCUT2D eigenvalue weighted by Crippen LogP contribution is 2.19. The monoisotopic (exact) mass is 241 g/mol. The highest BCUT2D eigenvalue weighted by Gasteiger charge is 2.08. The fourth-order valence-electron chi connectivity index (χ4n) is 2.38. The van der Waals surface area contributed by atoms with E-state index in [0.29, 0.717) is 5.82 Å². The Balaban J connectivity index is 2.40. The maximum atomic E-state index is 5.76. The third-order valence-corrected chi connectivity index (χ3v) is 3.10. The molecule has 0 radical (unpaired) electrons. The van der Waals surface area contributed by atoms with Gasteiger partial charge in [-0.1, -0.05) is 17.7 Å². The minimum absolute atomic E-state index is 0.542. The van der Waals surface area contributed by atoms with Crippen molar-refractivity contribution >= 4 is 5.82 Å². The van der Waals surface area contributed by atoms with Crippen LogP contribution in [0, 0.1) is 27.7 Å². The number of nitrogen functional groups attached to an aromatic ring is 1. The van der Waals surface area contributed by atoms with Crippen LogP contribution in [0.25, 0.3) is 0 Å². The molecule has 0 aliphatic rings. The molecule has 2 rings (SSSR count). The van der Waals surface area contributed by atoms with Gasteiger partial charge in [0.25, 0.3) is 0 Å². The normalized spacial score (nSPS) is 10.7. The van der Waals surface area contributed by atoms with E-state index in [2.05, 4.69) is 42.9 Å². The maximum absolute atomic E-state index is 5.76. The van der Waals surface area contributed by atoms with Gasteiger partial charge in [-0.15, -0.1) is 0 Å². The van der Waals surface area contributed by atoms with E-state index in [9.17, 15) is 0 Å². The first kappa shape index (κ1) is 12.6. The number of hydrogen-bond donors (Lipinski definition) is 1. The Labute approximate surface area is 108 Å². The molecule has 1 heterocycles. The van der Waals surface area contributed by atoms with Crippen molar-refractivity contribution in [3.05, 3.63) is 52.0 Å². The Morgan fingerprint density at radius 2 is 1.56 bits per heavy atom. The third-order valence-electron chi connectivity index (χ3n) is 3.10. The van der Waals surface area contributed by atoms with Crippen LogP contribution in [0.1, 0.15) is 33.8 Å². The van der Waals surface area contributed by atoms with Gasteiger partial charge in [-0.05, 0) is 44.4 Å². The predicted molar refractivity (Wildman–Crippen MR) is 74.6 cm³/mol. The first-order valence-electron chi connectivity index (χ1n) is 6.12. The molecule has 0 bridgehead atoms. The summed E-state index contributed by atoms with van der Waals surface area (Å²) < 4.78 is 0. The van der Waals surface area contributed by atoms with Crippen LogP contribution in [0.15, 0.2) is 18.2 Å². The second kappa shape index (κ2) is 4.77. The van der Waals surface area contributed by atoms with Crippen molar-refractivity contribution in [2.75, 3.05) is 5.73 Å². The molecular formula is C15H19N3. The summed E-state index contributed by atoms with van der Waals surface area (Å²) in [5.74, 6) is 1.34. The Morgan fingerprint density at radius 1 is 0.944 bits per heavy atom. The number of nitrogens with two attached hydrogens (primary N) is 1. The molecule has 0 fully saturated rings. The van der Waals surface area contributed by atoms with E-state index < -0.39 is 0 Å². The van der Waals surface area contributed by atoms with Gasteiger partial charge in [0.1, 0.15) is 11.6 Å². The Kier molecular flexibility index (Phi) is 3.32. The molecule has 0 aliphatic carbocycles. The summed E-state index contributed by atoms with van der Waals surface area (Å²) in [6.45, 7) is 8.32. The average Bonchev–Trinajstić information content (AvgIpc) is 2.22. The van der Waals surface area contributed by atoms with Crippen molar-refractivity contribution < 1.29 is 0 Å². The van der Waals surface area contributed by atoms with Gasteiger partial charge in [0, 0.05) is 18.2 Å². The van der Waals surface area contributed by atoms with Gasteiger partial charge in [-0.25, -0.2) is 9.97 Å². The van der Waals surface area contributed by atoms with E-state index >= 15 is 0 Å². The summed E-state index contributed by atoms with van der Waals surface area (Å²) in [6.07, 6.45) is 0.740. The van der Waals surface area contributed by atoms with Crippen LogP contribution in [0.4, 0.5) is 5.82 Å². The zero-order chi connectivity index (χ0) is 13.3. The molecule has 2 aromatic rings. The first-order chi connectivity index (χ1) is 8.45. The Morgan fingerprint density at radius 3 is 2.11 bits per heavy atom. The van der Waals surface area contributed by atoms with Crippen LogP contribution in [-0.4, -0.2) is 9.97 Å². The fraction of sp³-hybridized carbons (Fsp3) is 0.333. The van der Waals surface area contributed by atoms with E-state index in [1.54, 1.807) is 6.07 Å². The number of aromatic nitrogens is 2. The highest BCUT2D eigenvalue weighted by atomic mass is 14.9. The number of anilines is 1. The molecule has 0 saturated carbocycles. The lowest BCUT2D eigenvalue weighted by atomic mass is 9.97. The second-order valence-corrected chi connectivity index (χ2v) is 4.90. The van der Waals surface area contributed by atoms with Crippen LogP contribution in [0.3, 0.4) is 0 Å². The fourth-order valence-corrected chi connectivity index (χ4v) is 2.38. The van der Waals surface area contributed by atoms with Crippen LogP contribution in [0.5, 0.6) is 0 Å². The van der Waals surface area contributed by atoms with Crippen molar-refractivity contribution in [3.63, 3.8) is 0 Å². The van der Waals surface area contributed by atoms with Crippen LogP contribution in [-0.2, 0) is 6.42 Å². The Hall–Kier alpha value is -1.90. The van der Waals surface area contributed by atoms with Gasteiger partial charge in [0.15, 0.2) is 0 Å². The summed E-state index contributed by atoms with van der Waals surface area (Å²) in [5, 5.41) is 0. The number of aryl methyl sites for hydroxylation is 4. The van der Waals surface area contributed by atoms with Crippen molar-refractivity contribution in [1.82, 2.24) is 9.97 Å². The van der Waals surface area contributed by atoms with Gasteiger partial charge >= 0.3 is 0 Å². The van der Waals surface area contributed by atoms with Gasteiger partial charge in [-0.3, -0.25) is 0 Å². The van der Waals surface area contributed by atoms with E-state index in [-0.39, 0.29) is 0 Å². The summed E-state index contributed by atoms with van der Waals surface area (Å²) in [7, 11) is 0. The zero-order valence-corrected chi connectivity index (χ0v) is 11.4. The topological polar surface area (TPSA) is 51.8 Å². The largest absolute Gasteiger partial charge is 0.384 e. The molecule has 1 aromatic heterocycles. The summed E-state index contributed by atoms with van der Waals surface area (Å²) >= 11 is 0. The zero-order valence-electron chi connectivity index (χ0n) is 11.4. The molecule has 0 saturated heterocycles. The number of hydrogen-bond acceptors (Lipinski definition) is 3. The summed E-state index contributed by atoms with van der Waals surface area (Å²) in [6, 6.07) is 6.18. The van der Waals surface area contributed by atoms with Crippen molar-refractivity contribution in [3.8, 4) is 0 Å². The molecule has 3 heteroatoms. The summed E-state index contributed by atoms with van der Waals surface area (Å²) in [4.78, 5) is 8.74. The molecule has 18 heavy (non-hydrogen) atoms. The molecule has 0 aliphatic heterocycles. The van der Waals surface area contributed by atoms with Crippen molar-refractivity contribution in [1.29, 1.82) is 0 Å². The molecule has 94 valence electrons. The third kappa shape index (κ3) is 2.67. The second-order valence-electron chi connectivity index (χ2n) is 4.90. The van der Waals surface area contributed by atoms with Crippen LogP contribution < -0.4 is 5.73 Å². The Bertz CT molecular complexity index is 545. The van der Waals surface area contributed by atoms with Crippen LogP contribution in [0.2, 0.25) is 0 Å². The highest BCUT2D eigenvalue weighted by molar-refractivity contribution is 5.40. The molecule has 1 aromatic carbocycles. The smallest absolute Gasteiger partial charge is 0.135 e. The minimum atomic E-state index is 0.542. The molecule has 0 spiro atoms. The molecule has 0 unspecified atom stereocenters. The standard InChI is InChI=1S/C15H19N3/c1-9-5-10(2)13(11(3)6-9)8-15-17-12(4)7-14(16)18-15/h5-7H,8H2,1-4H3,(H2,16,17,18). The number of nitrogens with zero attached hydrogens (tertiary/aromatic N) is 2. The van der Waals surface area contributed by atoms with Crippen molar-refractivity contribution in [2.45, 2.75) is 34.1 Å². The van der Waals surface area contributed by atoms with Gasteiger partial charge in [0.2, 0.25) is 0 Å². The lowest BCUT2D eigenvalue weighted by molar-refractivity contribution is 0.935. The summed E-state index contributed by atoms with van der Waals surface area (Å²) in [5.41, 5.74) is 11.8. The number of benzene rings is 1. The van der Waals surface area contributed by atoms with E-state index in [1.165, 1.54) is 22.3 Å². The molecular weight excluding hydrogens is 222 g/mol.